The average molecular weight is 437 g/mol. The second-order valence-corrected chi connectivity index (χ2v) is 9.44. The fourth-order valence-corrected chi connectivity index (χ4v) is 4.02. The zero-order chi connectivity index (χ0) is 23.3. The van der Waals surface area contributed by atoms with E-state index in [0.717, 1.165) is 36.3 Å². The van der Waals surface area contributed by atoms with Crippen LogP contribution in [0, 0.1) is 0 Å². The van der Waals surface area contributed by atoms with Gasteiger partial charge in [-0.1, -0.05) is 64.1 Å². The maximum atomic E-state index is 13.1. The third kappa shape index (κ3) is 5.45. The highest BCUT2D eigenvalue weighted by molar-refractivity contribution is 5.30. The van der Waals surface area contributed by atoms with Gasteiger partial charge < -0.3 is 9.84 Å². The molecule has 3 rings (SSSR count). The van der Waals surface area contributed by atoms with Crippen molar-refractivity contribution in [3.63, 3.8) is 0 Å². The molecule has 0 bridgehead atoms. The Bertz CT molecular complexity index is 1070. The van der Waals surface area contributed by atoms with E-state index in [1.807, 2.05) is 31.2 Å². The van der Waals surface area contributed by atoms with E-state index in [0.29, 0.717) is 19.5 Å². The Hall–Kier alpha value is -2.95. The van der Waals surface area contributed by atoms with Crippen LogP contribution >= 0.6 is 0 Å². The molecule has 5 heteroatoms. The minimum Gasteiger partial charge on any atom is -0.497 e. The van der Waals surface area contributed by atoms with Crippen LogP contribution in [0.15, 0.2) is 53.3 Å². The van der Waals surface area contributed by atoms with Crippen molar-refractivity contribution < 1.29 is 9.84 Å². The van der Waals surface area contributed by atoms with Gasteiger partial charge in [0.15, 0.2) is 0 Å². The molecule has 0 aliphatic carbocycles. The van der Waals surface area contributed by atoms with E-state index in [-0.39, 0.29) is 17.0 Å². The predicted molar refractivity (Wildman–Crippen MR) is 130 cm³/mol. The summed E-state index contributed by atoms with van der Waals surface area (Å²) in [4.78, 5) is 13.1. The number of benzene rings is 2. The van der Waals surface area contributed by atoms with Crippen LogP contribution in [-0.2, 0) is 31.3 Å². The zero-order valence-electron chi connectivity index (χ0n) is 20.0. The monoisotopic (exact) mass is 436 g/mol. The molecule has 5 nitrogen and oxygen atoms in total. The van der Waals surface area contributed by atoms with E-state index in [4.69, 9.17) is 4.74 Å². The van der Waals surface area contributed by atoms with Crippen LogP contribution in [0.5, 0.6) is 11.6 Å². The molecule has 1 aromatic heterocycles. The number of aromatic hydroxyl groups is 1. The summed E-state index contributed by atoms with van der Waals surface area (Å²) in [5.41, 5.74) is 4.15. The van der Waals surface area contributed by atoms with Crippen molar-refractivity contribution in [2.24, 2.45) is 0 Å². The Morgan fingerprint density at radius 2 is 1.53 bits per heavy atom. The first kappa shape index (κ1) is 23.7. The summed E-state index contributed by atoms with van der Waals surface area (Å²) in [7, 11) is 1.66. The average Bonchev–Trinajstić information content (AvgIpc) is 2.98. The highest BCUT2D eigenvalue weighted by Gasteiger charge is 2.19. The number of rotatable bonds is 9. The zero-order valence-corrected chi connectivity index (χ0v) is 20.0. The van der Waals surface area contributed by atoms with Gasteiger partial charge in [-0.25, -0.2) is 4.79 Å². The molecule has 3 aromatic rings. The predicted octanol–water partition coefficient (Wildman–Crippen LogP) is 5.30. The van der Waals surface area contributed by atoms with Gasteiger partial charge in [0.1, 0.15) is 5.75 Å². The molecular weight excluding hydrogens is 400 g/mol. The van der Waals surface area contributed by atoms with Crippen LogP contribution in [0.4, 0.5) is 0 Å². The summed E-state index contributed by atoms with van der Waals surface area (Å²) in [6, 6.07) is 16.4. The number of nitrogens with zero attached hydrogens (tertiary/aromatic N) is 2. The molecule has 172 valence electrons. The van der Waals surface area contributed by atoms with Crippen LogP contribution in [0.1, 0.15) is 62.9 Å². The van der Waals surface area contributed by atoms with Gasteiger partial charge in [0.25, 0.3) is 0 Å². The van der Waals surface area contributed by atoms with E-state index in [9.17, 15) is 9.90 Å². The van der Waals surface area contributed by atoms with E-state index in [1.54, 1.807) is 11.7 Å². The maximum absolute atomic E-state index is 13.1. The summed E-state index contributed by atoms with van der Waals surface area (Å²) in [5.74, 6) is 0.939. The Balaban J connectivity index is 1.77. The molecule has 0 aliphatic rings. The second kappa shape index (κ2) is 10.1. The third-order valence-electron chi connectivity index (χ3n) is 5.95. The fraction of sp³-hybridized carbons (Fsp3) is 0.444. The van der Waals surface area contributed by atoms with Crippen LogP contribution in [0.2, 0.25) is 0 Å². The Morgan fingerprint density at radius 1 is 0.906 bits per heavy atom. The number of aromatic nitrogens is 2. The van der Waals surface area contributed by atoms with Crippen molar-refractivity contribution in [3.05, 3.63) is 81.4 Å². The summed E-state index contributed by atoms with van der Waals surface area (Å²) < 4.78 is 8.46. The van der Waals surface area contributed by atoms with Gasteiger partial charge in [-0.3, -0.25) is 9.13 Å². The smallest absolute Gasteiger partial charge is 0.331 e. The number of hydrogen-bond donors (Lipinski definition) is 1. The van der Waals surface area contributed by atoms with Gasteiger partial charge in [-0.2, -0.15) is 0 Å². The van der Waals surface area contributed by atoms with Crippen LogP contribution in [-0.4, -0.2) is 21.4 Å². The van der Waals surface area contributed by atoms with Crippen LogP contribution in [0.3, 0.4) is 0 Å². The lowest BCUT2D eigenvalue weighted by molar-refractivity contribution is 0.414. The lowest BCUT2D eigenvalue weighted by atomic mass is 9.87. The van der Waals surface area contributed by atoms with Gasteiger partial charge in [0, 0.05) is 6.54 Å². The molecule has 0 unspecified atom stereocenters. The van der Waals surface area contributed by atoms with Crippen LogP contribution < -0.4 is 10.4 Å². The first-order chi connectivity index (χ1) is 15.2. The highest BCUT2D eigenvalue weighted by Crippen LogP contribution is 2.24. The molecule has 0 saturated heterocycles. The van der Waals surface area contributed by atoms with E-state index in [2.05, 4.69) is 45.0 Å². The molecule has 0 saturated carbocycles. The normalized spacial score (nSPS) is 11.7. The van der Waals surface area contributed by atoms with Crippen molar-refractivity contribution in [1.29, 1.82) is 0 Å². The fourth-order valence-electron chi connectivity index (χ4n) is 4.02. The Kier molecular flexibility index (Phi) is 7.49. The number of methoxy groups -OCH3 is 1. The molecular formula is C27H36N2O3. The summed E-state index contributed by atoms with van der Waals surface area (Å²) in [6.07, 6.45) is 3.23. The maximum Gasteiger partial charge on any atom is 0.331 e. The van der Waals surface area contributed by atoms with Crippen molar-refractivity contribution in [3.8, 4) is 11.6 Å². The van der Waals surface area contributed by atoms with Crippen LogP contribution in [0.25, 0.3) is 0 Å². The largest absolute Gasteiger partial charge is 0.497 e. The van der Waals surface area contributed by atoms with Gasteiger partial charge >= 0.3 is 5.69 Å². The van der Waals surface area contributed by atoms with E-state index >= 15 is 0 Å². The molecule has 0 fully saturated rings. The number of ether oxygens (including phenoxy) is 1. The van der Waals surface area contributed by atoms with E-state index < -0.39 is 0 Å². The van der Waals surface area contributed by atoms with Crippen molar-refractivity contribution in [2.45, 2.75) is 71.9 Å². The molecule has 0 atom stereocenters. The van der Waals surface area contributed by atoms with E-state index in [1.165, 1.54) is 15.7 Å². The minimum absolute atomic E-state index is 0.0824. The Labute approximate surface area is 191 Å². The molecule has 1 N–H and O–H groups in total. The lowest BCUT2D eigenvalue weighted by Crippen LogP contribution is -2.25. The summed E-state index contributed by atoms with van der Waals surface area (Å²) >= 11 is 0. The van der Waals surface area contributed by atoms with Crippen molar-refractivity contribution >= 4 is 0 Å². The van der Waals surface area contributed by atoms with Gasteiger partial charge in [0.05, 0.1) is 19.3 Å². The molecule has 0 aliphatic heterocycles. The summed E-state index contributed by atoms with van der Waals surface area (Å²) in [5, 5.41) is 11.0. The SMILES string of the molecule is CCCn1c(CCCc2ccc(OC)cc2)c(O)n(Cc2ccc(C(C)(C)C)cc2)c1=O. The van der Waals surface area contributed by atoms with Gasteiger partial charge in [-0.05, 0) is 59.9 Å². The molecule has 0 spiro atoms. The van der Waals surface area contributed by atoms with Gasteiger partial charge in [-0.15, -0.1) is 0 Å². The quantitative estimate of drug-likeness (QED) is 0.495. The number of imidazole rings is 1. The molecule has 0 radical (unpaired) electrons. The molecule has 32 heavy (non-hydrogen) atoms. The standard InChI is InChI=1S/C27H36N2O3/c1-6-18-28-24(9-7-8-20-12-16-23(32-5)17-13-20)25(30)29(26(28)31)19-21-10-14-22(15-11-21)27(2,3)4/h10-17,30H,6-9,18-19H2,1-5H3. The first-order valence-corrected chi connectivity index (χ1v) is 11.5. The molecule has 2 aromatic carbocycles. The van der Waals surface area contributed by atoms with Gasteiger partial charge in [0.2, 0.25) is 5.88 Å². The first-order valence-electron chi connectivity index (χ1n) is 11.5. The van der Waals surface area contributed by atoms with Crippen molar-refractivity contribution in [1.82, 2.24) is 9.13 Å². The van der Waals surface area contributed by atoms with Crippen molar-refractivity contribution in [2.75, 3.05) is 7.11 Å². The molecule has 1 heterocycles. The second-order valence-electron chi connectivity index (χ2n) is 9.44. The highest BCUT2D eigenvalue weighted by atomic mass is 16.5. The topological polar surface area (TPSA) is 56.4 Å². The lowest BCUT2D eigenvalue weighted by Gasteiger charge is -2.19. The minimum atomic E-state index is -0.135. The molecule has 0 amide bonds. The number of aryl methyl sites for hydroxylation is 1. The summed E-state index contributed by atoms with van der Waals surface area (Å²) in [6.45, 7) is 9.58. The third-order valence-corrected chi connectivity index (χ3v) is 5.95. The Morgan fingerprint density at radius 3 is 2.09 bits per heavy atom. The number of hydrogen-bond acceptors (Lipinski definition) is 3.